The Balaban J connectivity index is 2.15. The van der Waals surface area contributed by atoms with E-state index in [1.54, 1.807) is 18.2 Å². The van der Waals surface area contributed by atoms with Crippen molar-refractivity contribution in [1.82, 2.24) is 0 Å². The molecule has 21 heavy (non-hydrogen) atoms. The van der Waals surface area contributed by atoms with Gasteiger partial charge in [0.2, 0.25) is 0 Å². The number of carboxylic acids is 1. The standard InChI is InChI=1S/C16H14BrClO3/c1-10-7-13(5-6-14(10)18)21-15(16(19)20)9-11-3-2-4-12(17)8-11/h2-8,15H,9H2,1H3,(H,19,20)/t15-/m0/s1. The highest BCUT2D eigenvalue weighted by atomic mass is 79.9. The first-order chi connectivity index (χ1) is 9.95. The molecular weight excluding hydrogens is 356 g/mol. The second-order valence-corrected chi connectivity index (χ2v) is 6.01. The van der Waals surface area contributed by atoms with Gasteiger partial charge in [-0.2, -0.15) is 0 Å². The fourth-order valence-electron chi connectivity index (χ4n) is 1.91. The summed E-state index contributed by atoms with van der Waals surface area (Å²) < 4.78 is 6.49. The Morgan fingerprint density at radius 1 is 1.33 bits per heavy atom. The zero-order valence-electron chi connectivity index (χ0n) is 11.3. The Morgan fingerprint density at radius 3 is 2.71 bits per heavy atom. The molecule has 0 radical (unpaired) electrons. The number of ether oxygens (including phenoxy) is 1. The molecule has 0 saturated heterocycles. The smallest absolute Gasteiger partial charge is 0.345 e. The molecule has 0 bridgehead atoms. The highest BCUT2D eigenvalue weighted by molar-refractivity contribution is 9.10. The van der Waals surface area contributed by atoms with Crippen LogP contribution in [-0.2, 0) is 11.2 Å². The van der Waals surface area contributed by atoms with Gasteiger partial charge in [0.15, 0.2) is 6.10 Å². The summed E-state index contributed by atoms with van der Waals surface area (Å²) in [4.78, 5) is 11.4. The van der Waals surface area contributed by atoms with E-state index in [1.165, 1.54) is 0 Å². The molecule has 2 aromatic rings. The van der Waals surface area contributed by atoms with E-state index in [9.17, 15) is 9.90 Å². The van der Waals surface area contributed by atoms with Crippen molar-refractivity contribution in [3.63, 3.8) is 0 Å². The number of rotatable bonds is 5. The number of benzene rings is 2. The zero-order valence-corrected chi connectivity index (χ0v) is 13.7. The van der Waals surface area contributed by atoms with Gasteiger partial charge in [-0.25, -0.2) is 4.79 Å². The van der Waals surface area contributed by atoms with Crippen LogP contribution in [0.15, 0.2) is 46.9 Å². The number of aliphatic carboxylic acids is 1. The summed E-state index contributed by atoms with van der Waals surface area (Å²) in [5.41, 5.74) is 1.74. The van der Waals surface area contributed by atoms with Crippen LogP contribution in [0.4, 0.5) is 0 Å². The fraction of sp³-hybridized carbons (Fsp3) is 0.188. The lowest BCUT2D eigenvalue weighted by atomic mass is 10.1. The normalized spacial score (nSPS) is 12.0. The van der Waals surface area contributed by atoms with Gasteiger partial charge in [0.1, 0.15) is 5.75 Å². The molecule has 110 valence electrons. The predicted octanol–water partition coefficient (Wildman–Crippen LogP) is 4.49. The van der Waals surface area contributed by atoms with Gasteiger partial charge in [-0.3, -0.25) is 0 Å². The lowest BCUT2D eigenvalue weighted by Crippen LogP contribution is -2.29. The molecule has 0 unspecified atom stereocenters. The minimum absolute atomic E-state index is 0.288. The number of carboxylic acid groups (broad SMARTS) is 1. The minimum atomic E-state index is -0.998. The summed E-state index contributed by atoms with van der Waals surface area (Å²) in [6.07, 6.45) is -0.656. The van der Waals surface area contributed by atoms with Gasteiger partial charge in [-0.05, 0) is 48.4 Å². The van der Waals surface area contributed by atoms with Crippen molar-refractivity contribution >= 4 is 33.5 Å². The maximum Gasteiger partial charge on any atom is 0.345 e. The molecule has 3 nitrogen and oxygen atoms in total. The number of aryl methyl sites for hydroxylation is 1. The predicted molar refractivity (Wildman–Crippen MR) is 86.1 cm³/mol. The first kappa shape index (κ1) is 15.9. The Kier molecular flexibility index (Phi) is 5.26. The summed E-state index contributed by atoms with van der Waals surface area (Å²) in [7, 11) is 0. The maximum absolute atomic E-state index is 11.4. The van der Waals surface area contributed by atoms with Gasteiger partial charge in [-0.1, -0.05) is 39.7 Å². The summed E-state index contributed by atoms with van der Waals surface area (Å²) in [6, 6.07) is 12.6. The number of carbonyl (C=O) groups is 1. The topological polar surface area (TPSA) is 46.5 Å². The van der Waals surface area contributed by atoms with Gasteiger partial charge in [0, 0.05) is 15.9 Å². The summed E-state index contributed by atoms with van der Waals surface area (Å²) in [6.45, 7) is 1.85. The van der Waals surface area contributed by atoms with E-state index in [0.717, 1.165) is 15.6 Å². The third-order valence-corrected chi connectivity index (χ3v) is 3.91. The first-order valence-electron chi connectivity index (χ1n) is 6.36. The monoisotopic (exact) mass is 368 g/mol. The van der Waals surface area contributed by atoms with E-state index in [0.29, 0.717) is 10.8 Å². The van der Waals surface area contributed by atoms with Crippen molar-refractivity contribution in [2.75, 3.05) is 0 Å². The van der Waals surface area contributed by atoms with E-state index >= 15 is 0 Å². The molecule has 0 aliphatic rings. The highest BCUT2D eigenvalue weighted by Crippen LogP contribution is 2.23. The summed E-state index contributed by atoms with van der Waals surface area (Å²) >= 11 is 9.32. The second kappa shape index (κ2) is 6.96. The molecule has 0 fully saturated rings. The number of hydrogen-bond donors (Lipinski definition) is 1. The van der Waals surface area contributed by atoms with Crippen molar-refractivity contribution < 1.29 is 14.6 Å². The van der Waals surface area contributed by atoms with Crippen molar-refractivity contribution in [1.29, 1.82) is 0 Å². The molecule has 2 aromatic carbocycles. The molecule has 0 heterocycles. The van der Waals surface area contributed by atoms with Gasteiger partial charge in [0.05, 0.1) is 0 Å². The van der Waals surface area contributed by atoms with Gasteiger partial charge in [0.25, 0.3) is 0 Å². The fourth-order valence-corrected chi connectivity index (χ4v) is 2.48. The van der Waals surface area contributed by atoms with Crippen molar-refractivity contribution in [2.24, 2.45) is 0 Å². The van der Waals surface area contributed by atoms with Gasteiger partial charge >= 0.3 is 5.97 Å². The molecule has 1 N–H and O–H groups in total. The Hall–Kier alpha value is -1.52. The average molecular weight is 370 g/mol. The Labute approximate surface area is 136 Å². The van der Waals surface area contributed by atoms with Crippen LogP contribution in [0.2, 0.25) is 5.02 Å². The van der Waals surface area contributed by atoms with Gasteiger partial charge in [-0.15, -0.1) is 0 Å². The number of hydrogen-bond acceptors (Lipinski definition) is 2. The van der Waals surface area contributed by atoms with Crippen LogP contribution in [0.5, 0.6) is 5.75 Å². The summed E-state index contributed by atoms with van der Waals surface area (Å²) in [5, 5.41) is 9.95. The van der Waals surface area contributed by atoms with Gasteiger partial charge < -0.3 is 9.84 Å². The molecule has 0 saturated carbocycles. The molecule has 0 aliphatic carbocycles. The largest absolute Gasteiger partial charge is 0.478 e. The molecule has 5 heteroatoms. The lowest BCUT2D eigenvalue weighted by molar-refractivity contribution is -0.145. The van der Waals surface area contributed by atoms with Crippen LogP contribution in [0.1, 0.15) is 11.1 Å². The van der Waals surface area contributed by atoms with Crippen LogP contribution >= 0.6 is 27.5 Å². The zero-order chi connectivity index (χ0) is 15.4. The number of halogens is 2. The first-order valence-corrected chi connectivity index (χ1v) is 7.53. The van der Waals surface area contributed by atoms with Crippen LogP contribution < -0.4 is 4.74 Å². The average Bonchev–Trinajstić information content (AvgIpc) is 2.42. The molecule has 1 atom stereocenters. The molecular formula is C16H14BrClO3. The van der Waals surface area contributed by atoms with E-state index in [2.05, 4.69) is 15.9 Å². The Bertz CT molecular complexity index is 658. The molecule has 0 aliphatic heterocycles. The summed E-state index contributed by atoms with van der Waals surface area (Å²) in [5.74, 6) is -0.498. The third kappa shape index (κ3) is 4.48. The van der Waals surface area contributed by atoms with Crippen LogP contribution in [-0.4, -0.2) is 17.2 Å². The highest BCUT2D eigenvalue weighted by Gasteiger charge is 2.20. The SMILES string of the molecule is Cc1cc(O[C@@H](Cc2cccc(Br)c2)C(=O)O)ccc1Cl. The van der Waals surface area contributed by atoms with E-state index in [1.807, 2.05) is 31.2 Å². The maximum atomic E-state index is 11.4. The minimum Gasteiger partial charge on any atom is -0.478 e. The second-order valence-electron chi connectivity index (χ2n) is 4.69. The van der Waals surface area contributed by atoms with E-state index in [4.69, 9.17) is 16.3 Å². The van der Waals surface area contributed by atoms with Crippen LogP contribution in [0, 0.1) is 6.92 Å². The van der Waals surface area contributed by atoms with Crippen molar-refractivity contribution in [2.45, 2.75) is 19.4 Å². The molecule has 2 rings (SSSR count). The van der Waals surface area contributed by atoms with Crippen LogP contribution in [0.25, 0.3) is 0 Å². The van der Waals surface area contributed by atoms with Crippen LogP contribution in [0.3, 0.4) is 0 Å². The molecule has 0 amide bonds. The van der Waals surface area contributed by atoms with Crippen molar-refractivity contribution in [3.05, 3.63) is 63.1 Å². The van der Waals surface area contributed by atoms with E-state index < -0.39 is 12.1 Å². The quantitative estimate of drug-likeness (QED) is 0.845. The Morgan fingerprint density at radius 2 is 2.10 bits per heavy atom. The van der Waals surface area contributed by atoms with Crippen molar-refractivity contribution in [3.8, 4) is 5.75 Å². The lowest BCUT2D eigenvalue weighted by Gasteiger charge is -2.16. The molecule has 0 aromatic heterocycles. The molecule has 0 spiro atoms. The third-order valence-electron chi connectivity index (χ3n) is 2.99. The van der Waals surface area contributed by atoms with E-state index in [-0.39, 0.29) is 6.42 Å².